The molecule has 1 aromatic rings. The van der Waals surface area contributed by atoms with Gasteiger partial charge in [0.1, 0.15) is 11.0 Å². The average molecular weight is 230 g/mol. The van der Waals surface area contributed by atoms with Crippen LogP contribution in [0.4, 0.5) is 9.93 Å². The molecular formula is C7H10N4O3S. The number of rotatable bonds is 3. The van der Waals surface area contributed by atoms with Crippen molar-refractivity contribution in [1.82, 2.24) is 15.5 Å². The van der Waals surface area contributed by atoms with Crippen molar-refractivity contribution < 1.29 is 14.7 Å². The van der Waals surface area contributed by atoms with Gasteiger partial charge in [-0.05, 0) is 13.8 Å². The van der Waals surface area contributed by atoms with Gasteiger partial charge >= 0.3 is 12.0 Å². The highest BCUT2D eigenvalue weighted by Crippen LogP contribution is 2.12. The monoisotopic (exact) mass is 230 g/mol. The molecule has 0 bridgehead atoms. The Kier molecular flexibility index (Phi) is 3.56. The molecule has 1 aromatic heterocycles. The van der Waals surface area contributed by atoms with Crippen LogP contribution in [0.3, 0.4) is 0 Å². The summed E-state index contributed by atoms with van der Waals surface area (Å²) in [6.45, 7) is 3.12. The summed E-state index contributed by atoms with van der Waals surface area (Å²) in [5.74, 6) is -1.10. The fourth-order valence-electron chi connectivity index (χ4n) is 0.739. The number of carbonyl (C=O) groups is 2. The van der Waals surface area contributed by atoms with Crippen LogP contribution in [0.2, 0.25) is 0 Å². The first-order valence-electron chi connectivity index (χ1n) is 4.09. The summed E-state index contributed by atoms with van der Waals surface area (Å²) >= 11 is 1.21. The van der Waals surface area contributed by atoms with Crippen LogP contribution in [-0.2, 0) is 4.79 Å². The Hall–Kier alpha value is -1.70. The molecule has 0 aliphatic heterocycles. The van der Waals surface area contributed by atoms with Crippen molar-refractivity contribution >= 4 is 28.5 Å². The normalized spacial score (nSPS) is 11.9. The topological polar surface area (TPSA) is 104 Å². The maximum absolute atomic E-state index is 11.2. The number of anilines is 1. The Morgan fingerprint density at radius 3 is 2.60 bits per heavy atom. The maximum Gasteiger partial charge on any atom is 0.325 e. The fraction of sp³-hybridized carbons (Fsp3) is 0.429. The van der Waals surface area contributed by atoms with Crippen molar-refractivity contribution in [2.24, 2.45) is 0 Å². The molecule has 0 aliphatic carbocycles. The van der Waals surface area contributed by atoms with Crippen molar-refractivity contribution in [2.45, 2.75) is 19.9 Å². The van der Waals surface area contributed by atoms with Gasteiger partial charge in [0, 0.05) is 0 Å². The number of hydrogen-bond acceptors (Lipinski definition) is 5. The number of hydrogen-bond donors (Lipinski definition) is 3. The predicted molar refractivity (Wildman–Crippen MR) is 53.9 cm³/mol. The highest BCUT2D eigenvalue weighted by Gasteiger charge is 2.14. The van der Waals surface area contributed by atoms with Gasteiger partial charge in [0.2, 0.25) is 5.13 Å². The first-order valence-corrected chi connectivity index (χ1v) is 4.91. The second-order valence-corrected chi connectivity index (χ2v) is 3.97. The van der Waals surface area contributed by atoms with E-state index in [2.05, 4.69) is 20.8 Å². The molecule has 0 spiro atoms. The number of nitrogens with one attached hydrogen (secondary N) is 2. The lowest BCUT2D eigenvalue weighted by Gasteiger charge is -2.08. The largest absolute Gasteiger partial charge is 0.480 e. The van der Waals surface area contributed by atoms with E-state index in [1.807, 2.05) is 0 Å². The summed E-state index contributed by atoms with van der Waals surface area (Å²) in [5.41, 5.74) is 0. The Balaban J connectivity index is 2.46. The molecule has 1 rings (SSSR count). The first kappa shape index (κ1) is 11.4. The lowest BCUT2D eigenvalue weighted by molar-refractivity contribution is -0.138. The second kappa shape index (κ2) is 4.69. The van der Waals surface area contributed by atoms with Gasteiger partial charge in [0.15, 0.2) is 0 Å². The van der Waals surface area contributed by atoms with E-state index in [-0.39, 0.29) is 0 Å². The van der Waals surface area contributed by atoms with Gasteiger partial charge in [0.25, 0.3) is 0 Å². The molecule has 15 heavy (non-hydrogen) atoms. The highest BCUT2D eigenvalue weighted by atomic mass is 32.1. The smallest absolute Gasteiger partial charge is 0.325 e. The Labute approximate surface area is 89.5 Å². The van der Waals surface area contributed by atoms with E-state index in [1.165, 1.54) is 18.3 Å². The van der Waals surface area contributed by atoms with Crippen LogP contribution in [0, 0.1) is 6.92 Å². The minimum Gasteiger partial charge on any atom is -0.480 e. The molecule has 0 aromatic carbocycles. The molecule has 7 nitrogen and oxygen atoms in total. The van der Waals surface area contributed by atoms with Gasteiger partial charge in [0.05, 0.1) is 0 Å². The first-order chi connectivity index (χ1) is 6.99. The zero-order valence-corrected chi connectivity index (χ0v) is 8.96. The lowest BCUT2D eigenvalue weighted by atomic mass is 10.3. The fourth-order valence-corrected chi connectivity index (χ4v) is 1.33. The summed E-state index contributed by atoms with van der Waals surface area (Å²) in [5, 5.41) is 21.5. The van der Waals surface area contributed by atoms with Crippen LogP contribution >= 0.6 is 11.3 Å². The number of aliphatic carboxylic acids is 1. The van der Waals surface area contributed by atoms with Crippen LogP contribution in [-0.4, -0.2) is 33.3 Å². The van der Waals surface area contributed by atoms with Gasteiger partial charge in [-0.15, -0.1) is 10.2 Å². The van der Waals surface area contributed by atoms with Crippen molar-refractivity contribution in [3.63, 3.8) is 0 Å². The quantitative estimate of drug-likeness (QED) is 0.699. The standard InChI is InChI=1S/C7H10N4O3S/c1-3(5(12)13)8-6(14)9-7-11-10-4(2)15-7/h3H,1-2H3,(H,12,13)(H2,8,9,11,14). The summed E-state index contributed by atoms with van der Waals surface area (Å²) in [6.07, 6.45) is 0. The van der Waals surface area contributed by atoms with E-state index < -0.39 is 18.0 Å². The second-order valence-electron chi connectivity index (χ2n) is 2.78. The van der Waals surface area contributed by atoms with Crippen LogP contribution in [0.25, 0.3) is 0 Å². The molecule has 0 fully saturated rings. The third-order valence-corrected chi connectivity index (χ3v) is 2.22. The molecule has 0 aliphatic rings. The predicted octanol–water partition coefficient (Wildman–Crippen LogP) is 0.441. The number of urea groups is 1. The van der Waals surface area contributed by atoms with Gasteiger partial charge in [-0.1, -0.05) is 11.3 Å². The molecule has 0 radical (unpaired) electrons. The summed E-state index contributed by atoms with van der Waals surface area (Å²) in [6, 6.07) is -1.56. The number of aromatic nitrogens is 2. The molecule has 1 heterocycles. The summed E-state index contributed by atoms with van der Waals surface area (Å²) in [7, 11) is 0. The molecule has 1 unspecified atom stereocenters. The number of carboxylic acid groups (broad SMARTS) is 1. The highest BCUT2D eigenvalue weighted by molar-refractivity contribution is 7.15. The van der Waals surface area contributed by atoms with E-state index in [9.17, 15) is 9.59 Å². The third kappa shape index (κ3) is 3.50. The molecular weight excluding hydrogens is 220 g/mol. The minimum atomic E-state index is -1.10. The summed E-state index contributed by atoms with van der Waals surface area (Å²) < 4.78 is 0. The van der Waals surface area contributed by atoms with Crippen LogP contribution in [0.15, 0.2) is 0 Å². The van der Waals surface area contributed by atoms with Gasteiger partial charge in [-0.25, -0.2) is 4.79 Å². The number of carbonyl (C=O) groups excluding carboxylic acids is 1. The molecule has 8 heteroatoms. The molecule has 82 valence electrons. The number of nitrogens with zero attached hydrogens (tertiary/aromatic N) is 2. The molecule has 0 saturated heterocycles. The van der Waals surface area contributed by atoms with E-state index in [4.69, 9.17) is 5.11 Å². The molecule has 3 N–H and O–H groups in total. The maximum atomic E-state index is 11.2. The van der Waals surface area contributed by atoms with E-state index in [0.29, 0.717) is 5.13 Å². The Morgan fingerprint density at radius 2 is 2.13 bits per heavy atom. The molecule has 2 amide bonds. The number of aryl methyl sites for hydroxylation is 1. The van der Waals surface area contributed by atoms with E-state index in [1.54, 1.807) is 6.92 Å². The SMILES string of the molecule is Cc1nnc(NC(=O)NC(C)C(=O)O)s1. The van der Waals surface area contributed by atoms with E-state index in [0.717, 1.165) is 5.01 Å². The minimum absolute atomic E-state index is 0.336. The third-order valence-electron chi connectivity index (χ3n) is 1.46. The van der Waals surface area contributed by atoms with Crippen LogP contribution in [0.5, 0.6) is 0 Å². The number of amides is 2. The number of carboxylic acids is 1. The summed E-state index contributed by atoms with van der Waals surface area (Å²) in [4.78, 5) is 21.6. The van der Waals surface area contributed by atoms with Crippen LogP contribution in [0.1, 0.15) is 11.9 Å². The van der Waals surface area contributed by atoms with Crippen molar-refractivity contribution in [2.75, 3.05) is 5.32 Å². The Bertz CT molecular complexity index is 378. The van der Waals surface area contributed by atoms with Gasteiger partial charge in [-0.3, -0.25) is 10.1 Å². The average Bonchev–Trinajstić information content (AvgIpc) is 2.50. The molecule has 1 atom stereocenters. The zero-order valence-electron chi connectivity index (χ0n) is 8.14. The Morgan fingerprint density at radius 1 is 1.47 bits per heavy atom. The van der Waals surface area contributed by atoms with Crippen molar-refractivity contribution in [1.29, 1.82) is 0 Å². The van der Waals surface area contributed by atoms with E-state index >= 15 is 0 Å². The zero-order chi connectivity index (χ0) is 11.4. The van der Waals surface area contributed by atoms with Crippen molar-refractivity contribution in [3.8, 4) is 0 Å². The van der Waals surface area contributed by atoms with Crippen LogP contribution < -0.4 is 10.6 Å². The molecule has 0 saturated carbocycles. The van der Waals surface area contributed by atoms with Gasteiger partial charge < -0.3 is 10.4 Å². The van der Waals surface area contributed by atoms with Gasteiger partial charge in [-0.2, -0.15) is 0 Å². The van der Waals surface area contributed by atoms with Crippen molar-refractivity contribution in [3.05, 3.63) is 5.01 Å². The lowest BCUT2D eigenvalue weighted by Crippen LogP contribution is -2.40.